The van der Waals surface area contributed by atoms with E-state index in [1.165, 1.54) is 4.88 Å². The number of anilines is 2. The number of aryl methyl sites for hydroxylation is 1. The van der Waals surface area contributed by atoms with E-state index in [-0.39, 0.29) is 0 Å². The van der Waals surface area contributed by atoms with E-state index in [9.17, 15) is 0 Å². The zero-order chi connectivity index (χ0) is 11.5. The van der Waals surface area contributed by atoms with Gasteiger partial charge >= 0.3 is 0 Å². The second-order valence-electron chi connectivity index (χ2n) is 3.86. The molecule has 0 aromatic carbocycles. The van der Waals surface area contributed by atoms with E-state index in [2.05, 4.69) is 27.4 Å². The Morgan fingerprint density at radius 1 is 1.50 bits per heavy atom. The maximum atomic E-state index is 5.95. The van der Waals surface area contributed by atoms with Gasteiger partial charge in [-0.1, -0.05) is 6.07 Å². The number of rotatable bonds is 3. The SMILES string of the molecule is Cc1cnc(N(C)Cc2cccs2)c(N)c1. The van der Waals surface area contributed by atoms with E-state index >= 15 is 0 Å². The van der Waals surface area contributed by atoms with Crippen molar-refractivity contribution in [1.29, 1.82) is 0 Å². The number of nitrogen functional groups attached to an aromatic ring is 1. The van der Waals surface area contributed by atoms with Gasteiger partial charge < -0.3 is 10.6 Å². The zero-order valence-electron chi connectivity index (χ0n) is 9.47. The summed E-state index contributed by atoms with van der Waals surface area (Å²) in [6, 6.07) is 6.12. The Kier molecular flexibility index (Phi) is 3.10. The van der Waals surface area contributed by atoms with Gasteiger partial charge in [-0.3, -0.25) is 0 Å². The van der Waals surface area contributed by atoms with Crippen LogP contribution < -0.4 is 10.6 Å². The van der Waals surface area contributed by atoms with Gasteiger partial charge in [-0.05, 0) is 30.0 Å². The van der Waals surface area contributed by atoms with Gasteiger partial charge in [-0.25, -0.2) is 4.98 Å². The van der Waals surface area contributed by atoms with Crippen molar-refractivity contribution in [3.05, 3.63) is 40.2 Å². The number of aromatic nitrogens is 1. The molecule has 0 spiro atoms. The topological polar surface area (TPSA) is 42.2 Å². The third kappa shape index (κ3) is 2.33. The predicted octanol–water partition coefficient (Wildman–Crippen LogP) is 2.67. The average molecular weight is 233 g/mol. The highest BCUT2D eigenvalue weighted by atomic mass is 32.1. The molecule has 2 heterocycles. The summed E-state index contributed by atoms with van der Waals surface area (Å²) in [6.07, 6.45) is 1.84. The second-order valence-corrected chi connectivity index (χ2v) is 4.89. The molecule has 2 aromatic rings. The fourth-order valence-corrected chi connectivity index (χ4v) is 2.37. The molecule has 0 bridgehead atoms. The van der Waals surface area contributed by atoms with E-state index in [0.29, 0.717) is 0 Å². The molecule has 0 atom stereocenters. The lowest BCUT2D eigenvalue weighted by atomic mass is 10.2. The van der Waals surface area contributed by atoms with Crippen LogP contribution in [0.4, 0.5) is 11.5 Å². The van der Waals surface area contributed by atoms with Gasteiger partial charge in [-0.2, -0.15) is 0 Å². The lowest BCUT2D eigenvalue weighted by Crippen LogP contribution is -2.18. The fourth-order valence-electron chi connectivity index (χ4n) is 1.61. The Morgan fingerprint density at radius 2 is 2.31 bits per heavy atom. The van der Waals surface area contributed by atoms with Crippen molar-refractivity contribution in [2.24, 2.45) is 0 Å². The fraction of sp³-hybridized carbons (Fsp3) is 0.250. The molecule has 0 aliphatic rings. The molecule has 0 aliphatic carbocycles. The van der Waals surface area contributed by atoms with Gasteiger partial charge in [0, 0.05) is 18.1 Å². The minimum Gasteiger partial charge on any atom is -0.396 e. The molecule has 0 aliphatic heterocycles. The van der Waals surface area contributed by atoms with Crippen LogP contribution in [0.1, 0.15) is 10.4 Å². The summed E-state index contributed by atoms with van der Waals surface area (Å²) in [5.41, 5.74) is 7.77. The van der Waals surface area contributed by atoms with Crippen LogP contribution in [-0.4, -0.2) is 12.0 Å². The summed E-state index contributed by atoms with van der Waals surface area (Å²) in [4.78, 5) is 7.74. The number of pyridine rings is 1. The minimum atomic E-state index is 0.735. The van der Waals surface area contributed by atoms with Crippen LogP contribution >= 0.6 is 11.3 Å². The van der Waals surface area contributed by atoms with Gasteiger partial charge in [0.05, 0.1) is 12.2 Å². The number of nitrogens with zero attached hydrogens (tertiary/aromatic N) is 2. The van der Waals surface area contributed by atoms with Crippen LogP contribution in [0.15, 0.2) is 29.8 Å². The van der Waals surface area contributed by atoms with Gasteiger partial charge in [0.15, 0.2) is 5.82 Å². The van der Waals surface area contributed by atoms with E-state index in [1.807, 2.05) is 26.2 Å². The monoisotopic (exact) mass is 233 g/mol. The summed E-state index contributed by atoms with van der Waals surface area (Å²) < 4.78 is 0. The highest BCUT2D eigenvalue weighted by Crippen LogP contribution is 2.22. The first kappa shape index (κ1) is 11.0. The van der Waals surface area contributed by atoms with Crippen LogP contribution in [0.25, 0.3) is 0 Å². The second kappa shape index (κ2) is 4.53. The molecule has 0 unspecified atom stereocenters. The Morgan fingerprint density at radius 3 is 2.94 bits per heavy atom. The van der Waals surface area contributed by atoms with E-state index < -0.39 is 0 Å². The van der Waals surface area contributed by atoms with E-state index in [0.717, 1.165) is 23.6 Å². The van der Waals surface area contributed by atoms with Crippen molar-refractivity contribution in [2.75, 3.05) is 17.7 Å². The predicted molar refractivity (Wildman–Crippen MR) is 69.8 cm³/mol. The molecule has 0 radical (unpaired) electrons. The van der Waals surface area contributed by atoms with Gasteiger partial charge in [0.2, 0.25) is 0 Å². The molecular formula is C12H15N3S. The van der Waals surface area contributed by atoms with Crippen molar-refractivity contribution in [1.82, 2.24) is 4.98 Å². The van der Waals surface area contributed by atoms with Crippen LogP contribution in [-0.2, 0) is 6.54 Å². The summed E-state index contributed by atoms with van der Waals surface area (Å²) in [5.74, 6) is 0.846. The smallest absolute Gasteiger partial charge is 0.151 e. The van der Waals surface area contributed by atoms with E-state index in [1.54, 1.807) is 11.3 Å². The van der Waals surface area contributed by atoms with Crippen molar-refractivity contribution in [3.63, 3.8) is 0 Å². The van der Waals surface area contributed by atoms with Crippen molar-refractivity contribution < 1.29 is 0 Å². The third-order valence-corrected chi connectivity index (χ3v) is 3.23. The average Bonchev–Trinajstić information content (AvgIpc) is 2.70. The first-order valence-corrected chi connectivity index (χ1v) is 6.00. The molecule has 0 fully saturated rings. The molecule has 2 aromatic heterocycles. The molecular weight excluding hydrogens is 218 g/mol. The zero-order valence-corrected chi connectivity index (χ0v) is 10.3. The Balaban J connectivity index is 2.17. The van der Waals surface area contributed by atoms with Gasteiger partial charge in [0.1, 0.15) is 0 Å². The molecule has 16 heavy (non-hydrogen) atoms. The molecule has 2 N–H and O–H groups in total. The third-order valence-electron chi connectivity index (χ3n) is 2.37. The minimum absolute atomic E-state index is 0.735. The molecule has 3 nitrogen and oxygen atoms in total. The molecule has 0 saturated heterocycles. The summed E-state index contributed by atoms with van der Waals surface area (Å²) >= 11 is 1.74. The number of thiophene rings is 1. The van der Waals surface area contributed by atoms with Crippen LogP contribution in [0.3, 0.4) is 0 Å². The Hall–Kier alpha value is -1.55. The molecule has 0 amide bonds. The number of hydrogen-bond acceptors (Lipinski definition) is 4. The highest BCUT2D eigenvalue weighted by molar-refractivity contribution is 7.09. The number of nitrogens with two attached hydrogens (primary N) is 1. The van der Waals surface area contributed by atoms with Crippen LogP contribution in [0, 0.1) is 6.92 Å². The highest BCUT2D eigenvalue weighted by Gasteiger charge is 2.07. The molecule has 84 valence electrons. The van der Waals surface area contributed by atoms with Gasteiger partial charge in [-0.15, -0.1) is 11.3 Å². The normalized spacial score (nSPS) is 10.4. The number of hydrogen-bond donors (Lipinski definition) is 1. The molecule has 0 saturated carbocycles. The van der Waals surface area contributed by atoms with Gasteiger partial charge in [0.25, 0.3) is 0 Å². The van der Waals surface area contributed by atoms with Crippen molar-refractivity contribution in [3.8, 4) is 0 Å². The standard InChI is InChI=1S/C12H15N3S/c1-9-6-11(13)12(14-7-9)15(2)8-10-4-3-5-16-10/h3-7H,8,13H2,1-2H3. The van der Waals surface area contributed by atoms with Crippen molar-refractivity contribution >= 4 is 22.8 Å². The lowest BCUT2D eigenvalue weighted by Gasteiger charge is -2.19. The van der Waals surface area contributed by atoms with Crippen molar-refractivity contribution in [2.45, 2.75) is 13.5 Å². The first-order valence-electron chi connectivity index (χ1n) is 5.12. The van der Waals surface area contributed by atoms with E-state index in [4.69, 9.17) is 5.73 Å². The molecule has 4 heteroatoms. The maximum absolute atomic E-state index is 5.95. The van der Waals surface area contributed by atoms with Crippen LogP contribution in [0.2, 0.25) is 0 Å². The summed E-state index contributed by atoms with van der Waals surface area (Å²) in [7, 11) is 2.01. The Bertz CT molecular complexity index is 465. The quantitative estimate of drug-likeness (QED) is 0.886. The largest absolute Gasteiger partial charge is 0.396 e. The summed E-state index contributed by atoms with van der Waals surface area (Å²) in [5, 5.41) is 2.08. The molecule has 2 rings (SSSR count). The first-order chi connectivity index (χ1) is 7.66. The maximum Gasteiger partial charge on any atom is 0.151 e. The summed E-state index contributed by atoms with van der Waals surface area (Å²) in [6.45, 7) is 2.84. The van der Waals surface area contributed by atoms with Crippen LogP contribution in [0.5, 0.6) is 0 Å². The Labute approximate surface area is 99.5 Å². The lowest BCUT2D eigenvalue weighted by molar-refractivity contribution is 0.913.